The number of carbonyl (C=O) groups is 1. The van der Waals surface area contributed by atoms with E-state index in [1.807, 2.05) is 43.3 Å². The summed E-state index contributed by atoms with van der Waals surface area (Å²) in [5.74, 6) is 1.82. The summed E-state index contributed by atoms with van der Waals surface area (Å²) in [5, 5.41) is 12.0. The van der Waals surface area contributed by atoms with E-state index >= 15 is 0 Å². The summed E-state index contributed by atoms with van der Waals surface area (Å²) in [7, 11) is 1.61. The predicted octanol–water partition coefficient (Wildman–Crippen LogP) is 4.12. The van der Waals surface area contributed by atoms with E-state index in [1.165, 1.54) is 11.8 Å². The van der Waals surface area contributed by atoms with Crippen LogP contribution in [-0.4, -0.2) is 38.0 Å². The number of hydrogen-bond donors (Lipinski definition) is 1. The maximum atomic E-state index is 12.7. The number of aromatic nitrogens is 4. The number of benzene rings is 1. The molecule has 1 aromatic carbocycles. The molecule has 0 radical (unpaired) electrons. The largest absolute Gasteiger partial charge is 0.497 e. The van der Waals surface area contributed by atoms with Crippen molar-refractivity contribution in [3.05, 3.63) is 48.8 Å². The number of carbonyl (C=O) groups excluding carboxylic acids is 1. The first kappa shape index (κ1) is 20.9. The van der Waals surface area contributed by atoms with Crippen molar-refractivity contribution in [2.24, 2.45) is 5.92 Å². The van der Waals surface area contributed by atoms with Crippen molar-refractivity contribution in [1.82, 2.24) is 19.7 Å². The molecule has 3 rings (SSSR count). The molecule has 29 heavy (non-hydrogen) atoms. The monoisotopic (exact) mass is 411 g/mol. The van der Waals surface area contributed by atoms with Gasteiger partial charge in [0, 0.05) is 30.2 Å². The lowest BCUT2D eigenvalue weighted by atomic mass is 10.2. The van der Waals surface area contributed by atoms with Gasteiger partial charge in [0.2, 0.25) is 5.91 Å². The lowest BCUT2D eigenvalue weighted by molar-refractivity contribution is -0.115. The fourth-order valence-corrected chi connectivity index (χ4v) is 3.60. The number of methoxy groups -OCH3 is 1. The maximum absolute atomic E-state index is 12.7. The van der Waals surface area contributed by atoms with Crippen molar-refractivity contribution in [1.29, 1.82) is 0 Å². The van der Waals surface area contributed by atoms with E-state index in [0.717, 1.165) is 34.5 Å². The van der Waals surface area contributed by atoms with Crippen LogP contribution in [0.3, 0.4) is 0 Å². The highest BCUT2D eigenvalue weighted by Gasteiger charge is 2.21. The summed E-state index contributed by atoms with van der Waals surface area (Å²) in [5.41, 5.74) is 1.63. The van der Waals surface area contributed by atoms with Crippen LogP contribution in [0.5, 0.6) is 5.75 Å². The van der Waals surface area contributed by atoms with Gasteiger partial charge in [-0.2, -0.15) is 0 Å². The number of thioether (sulfide) groups is 1. The molecule has 0 saturated carbocycles. The second-order valence-electron chi connectivity index (χ2n) is 7.03. The first-order chi connectivity index (χ1) is 14.0. The number of nitrogens with one attached hydrogen (secondary N) is 1. The highest BCUT2D eigenvalue weighted by Crippen LogP contribution is 2.28. The highest BCUT2D eigenvalue weighted by molar-refractivity contribution is 8.00. The predicted molar refractivity (Wildman–Crippen MR) is 115 cm³/mol. The molecular weight excluding hydrogens is 386 g/mol. The van der Waals surface area contributed by atoms with Gasteiger partial charge in [-0.15, -0.1) is 10.2 Å². The minimum absolute atomic E-state index is 0.0952. The van der Waals surface area contributed by atoms with Gasteiger partial charge in [-0.1, -0.05) is 25.6 Å². The second-order valence-corrected chi connectivity index (χ2v) is 8.34. The lowest BCUT2D eigenvalue weighted by Gasteiger charge is -2.15. The number of rotatable bonds is 8. The van der Waals surface area contributed by atoms with Crippen molar-refractivity contribution in [3.63, 3.8) is 0 Å². The maximum Gasteiger partial charge on any atom is 0.237 e. The molecule has 1 amide bonds. The molecule has 0 bridgehead atoms. The van der Waals surface area contributed by atoms with Crippen molar-refractivity contribution >= 4 is 23.4 Å². The van der Waals surface area contributed by atoms with E-state index in [0.29, 0.717) is 5.92 Å². The van der Waals surface area contributed by atoms with Crippen molar-refractivity contribution < 1.29 is 9.53 Å². The van der Waals surface area contributed by atoms with E-state index in [4.69, 9.17) is 4.74 Å². The van der Waals surface area contributed by atoms with Crippen LogP contribution in [0.1, 0.15) is 20.8 Å². The Hall–Kier alpha value is -2.87. The molecule has 1 unspecified atom stereocenters. The van der Waals surface area contributed by atoms with Crippen LogP contribution < -0.4 is 10.1 Å². The fraction of sp³-hybridized carbons (Fsp3) is 0.333. The zero-order valence-corrected chi connectivity index (χ0v) is 17.8. The summed E-state index contributed by atoms with van der Waals surface area (Å²) in [4.78, 5) is 16.8. The topological polar surface area (TPSA) is 81.9 Å². The molecule has 0 aliphatic rings. The van der Waals surface area contributed by atoms with Crippen LogP contribution in [0.4, 0.5) is 5.69 Å². The molecule has 2 aromatic heterocycles. The van der Waals surface area contributed by atoms with Gasteiger partial charge in [0.25, 0.3) is 0 Å². The van der Waals surface area contributed by atoms with E-state index in [9.17, 15) is 4.79 Å². The van der Waals surface area contributed by atoms with Crippen LogP contribution in [0.25, 0.3) is 11.4 Å². The third-order valence-corrected chi connectivity index (χ3v) is 5.27. The Kier molecular flexibility index (Phi) is 6.87. The quantitative estimate of drug-likeness (QED) is 0.562. The molecule has 1 N–H and O–H groups in total. The van der Waals surface area contributed by atoms with Crippen LogP contribution >= 0.6 is 11.8 Å². The van der Waals surface area contributed by atoms with Crippen LogP contribution in [0.15, 0.2) is 53.9 Å². The molecular formula is C21H25N5O2S. The number of pyridine rings is 1. The number of anilines is 1. The van der Waals surface area contributed by atoms with Gasteiger partial charge in [-0.25, -0.2) is 0 Å². The molecule has 3 aromatic rings. The molecule has 0 saturated heterocycles. The van der Waals surface area contributed by atoms with Gasteiger partial charge >= 0.3 is 0 Å². The van der Waals surface area contributed by atoms with Crippen molar-refractivity contribution in [2.75, 3.05) is 12.4 Å². The molecule has 0 aliphatic heterocycles. The summed E-state index contributed by atoms with van der Waals surface area (Å²) < 4.78 is 7.20. The van der Waals surface area contributed by atoms with Gasteiger partial charge < -0.3 is 14.6 Å². The minimum Gasteiger partial charge on any atom is -0.497 e. The molecule has 0 aliphatic carbocycles. The van der Waals surface area contributed by atoms with E-state index < -0.39 is 0 Å². The second kappa shape index (κ2) is 9.56. The Labute approximate surface area is 174 Å². The third-order valence-electron chi connectivity index (χ3n) is 4.19. The Bertz CT molecular complexity index is 941. The van der Waals surface area contributed by atoms with Gasteiger partial charge in [0.1, 0.15) is 5.75 Å². The molecule has 7 nitrogen and oxygen atoms in total. The molecule has 0 fully saturated rings. The zero-order chi connectivity index (χ0) is 20.8. The molecule has 0 spiro atoms. The number of hydrogen-bond acceptors (Lipinski definition) is 6. The fourth-order valence-electron chi connectivity index (χ4n) is 2.74. The van der Waals surface area contributed by atoms with Crippen LogP contribution in [0, 0.1) is 5.92 Å². The highest BCUT2D eigenvalue weighted by atomic mass is 32.2. The molecule has 8 heteroatoms. The molecule has 2 heterocycles. The van der Waals surface area contributed by atoms with Gasteiger partial charge in [-0.05, 0) is 49.2 Å². The van der Waals surface area contributed by atoms with Crippen LogP contribution in [-0.2, 0) is 11.3 Å². The lowest BCUT2D eigenvalue weighted by Crippen LogP contribution is -2.23. The first-order valence-corrected chi connectivity index (χ1v) is 10.3. The SMILES string of the molecule is COc1ccc(NC(=O)C(C)Sc2nnc(-c3cccnc3)n2CC(C)C)cc1. The van der Waals surface area contributed by atoms with E-state index in [1.54, 1.807) is 19.5 Å². The zero-order valence-electron chi connectivity index (χ0n) is 17.0. The van der Waals surface area contributed by atoms with Crippen molar-refractivity contribution in [2.45, 2.75) is 37.7 Å². The Morgan fingerprint density at radius 1 is 1.17 bits per heavy atom. The number of nitrogens with zero attached hydrogens (tertiary/aromatic N) is 4. The Morgan fingerprint density at radius 3 is 2.55 bits per heavy atom. The Morgan fingerprint density at radius 2 is 1.93 bits per heavy atom. The number of amides is 1. The molecule has 152 valence electrons. The summed E-state index contributed by atoms with van der Waals surface area (Å²) >= 11 is 1.39. The summed E-state index contributed by atoms with van der Waals surface area (Å²) in [6, 6.07) is 11.1. The van der Waals surface area contributed by atoms with Gasteiger partial charge in [-0.3, -0.25) is 9.78 Å². The normalized spacial score (nSPS) is 12.0. The summed E-state index contributed by atoms with van der Waals surface area (Å²) in [6.07, 6.45) is 3.50. The average Bonchev–Trinajstić information content (AvgIpc) is 3.10. The van der Waals surface area contributed by atoms with Gasteiger partial charge in [0.05, 0.1) is 12.4 Å². The average molecular weight is 412 g/mol. The Balaban J connectivity index is 1.75. The summed E-state index contributed by atoms with van der Waals surface area (Å²) in [6.45, 7) is 6.90. The van der Waals surface area contributed by atoms with Crippen molar-refractivity contribution in [3.8, 4) is 17.1 Å². The smallest absolute Gasteiger partial charge is 0.237 e. The van der Waals surface area contributed by atoms with E-state index in [-0.39, 0.29) is 11.2 Å². The van der Waals surface area contributed by atoms with Crippen LogP contribution in [0.2, 0.25) is 0 Å². The van der Waals surface area contributed by atoms with E-state index in [2.05, 4.69) is 38.9 Å². The third kappa shape index (κ3) is 5.35. The minimum atomic E-state index is -0.339. The standard InChI is InChI=1S/C21H25N5O2S/c1-14(2)13-26-19(16-6-5-11-22-12-16)24-25-21(26)29-15(3)20(27)23-17-7-9-18(28-4)10-8-17/h5-12,14-15H,13H2,1-4H3,(H,23,27). The van der Waals surface area contributed by atoms with Gasteiger partial charge in [0.15, 0.2) is 11.0 Å². The molecule has 1 atom stereocenters. The number of ether oxygens (including phenoxy) is 1. The first-order valence-electron chi connectivity index (χ1n) is 9.43.